The van der Waals surface area contributed by atoms with Crippen molar-refractivity contribution < 1.29 is 13.9 Å². The Balaban J connectivity index is 1.50. The molecule has 0 atom stereocenters. The molecule has 2 aliphatic heterocycles. The summed E-state index contributed by atoms with van der Waals surface area (Å²) >= 11 is 6.26. The van der Waals surface area contributed by atoms with Crippen LogP contribution in [0.1, 0.15) is 40.9 Å². The molecule has 0 unspecified atom stereocenters. The second kappa shape index (κ2) is 9.35. The van der Waals surface area contributed by atoms with Gasteiger partial charge in [0, 0.05) is 32.1 Å². The molecule has 3 heterocycles. The van der Waals surface area contributed by atoms with Crippen molar-refractivity contribution in [3.63, 3.8) is 0 Å². The highest BCUT2D eigenvalue weighted by Crippen LogP contribution is 2.33. The summed E-state index contributed by atoms with van der Waals surface area (Å²) in [4.78, 5) is 26.6. The highest BCUT2D eigenvalue weighted by molar-refractivity contribution is 6.33. The van der Waals surface area contributed by atoms with Gasteiger partial charge in [0.15, 0.2) is 0 Å². The molecule has 0 N–H and O–H groups in total. The molecule has 1 fully saturated rings. The van der Waals surface area contributed by atoms with Crippen LogP contribution in [0.3, 0.4) is 0 Å². The van der Waals surface area contributed by atoms with Crippen molar-refractivity contribution in [2.24, 2.45) is 0 Å². The van der Waals surface area contributed by atoms with Crippen molar-refractivity contribution in [3.8, 4) is 11.6 Å². The van der Waals surface area contributed by atoms with E-state index >= 15 is 0 Å². The van der Waals surface area contributed by atoms with Gasteiger partial charge in [0.1, 0.15) is 11.6 Å². The van der Waals surface area contributed by atoms with Gasteiger partial charge in [-0.2, -0.15) is 4.98 Å². The zero-order valence-corrected chi connectivity index (χ0v) is 18.9. The molecule has 0 aliphatic carbocycles. The van der Waals surface area contributed by atoms with Crippen LogP contribution in [0.2, 0.25) is 5.02 Å². The van der Waals surface area contributed by atoms with Crippen LogP contribution < -0.4 is 9.64 Å². The number of hydrogen-bond acceptors (Lipinski definition) is 5. The number of amides is 1. The summed E-state index contributed by atoms with van der Waals surface area (Å²) in [6, 6.07) is 13.0. The fourth-order valence-electron chi connectivity index (χ4n) is 4.31. The van der Waals surface area contributed by atoms with Gasteiger partial charge in [-0.25, -0.2) is 9.37 Å². The third-order valence-electron chi connectivity index (χ3n) is 6.05. The molecule has 33 heavy (non-hydrogen) atoms. The number of fused-ring (bicyclic) bond motifs is 1. The molecule has 0 spiro atoms. The maximum Gasteiger partial charge on any atom is 0.255 e. The van der Waals surface area contributed by atoms with Crippen molar-refractivity contribution in [2.75, 3.05) is 24.5 Å². The van der Waals surface area contributed by atoms with Gasteiger partial charge < -0.3 is 14.5 Å². The average molecular weight is 467 g/mol. The van der Waals surface area contributed by atoms with Crippen LogP contribution >= 0.6 is 11.6 Å². The number of aromatic nitrogens is 2. The summed E-state index contributed by atoms with van der Waals surface area (Å²) < 4.78 is 19.9. The second-order valence-electron chi connectivity index (χ2n) is 8.32. The van der Waals surface area contributed by atoms with Gasteiger partial charge in [-0.15, -0.1) is 0 Å². The molecule has 1 amide bonds. The summed E-state index contributed by atoms with van der Waals surface area (Å²) in [7, 11) is 0. The van der Waals surface area contributed by atoms with E-state index in [4.69, 9.17) is 26.3 Å². The standard InChI is InChI=1S/C25H24ClFN4O2/c26-21-10-3-2-9-19(21)24(32)31-14-11-22-20(16-31)23(33-18-8-6-7-17(27)15-18)29-25(28-22)30-12-4-1-5-13-30/h2-3,6-10,15H,1,4-5,11-14,16H2. The number of benzene rings is 2. The Morgan fingerprint density at radius 3 is 2.61 bits per heavy atom. The molecule has 1 saturated heterocycles. The number of ether oxygens (including phenoxy) is 1. The Morgan fingerprint density at radius 1 is 1.00 bits per heavy atom. The van der Waals surface area contributed by atoms with E-state index in [1.807, 2.05) is 0 Å². The zero-order chi connectivity index (χ0) is 22.8. The average Bonchev–Trinajstić information content (AvgIpc) is 2.84. The molecule has 2 aromatic carbocycles. The Labute approximate surface area is 197 Å². The van der Waals surface area contributed by atoms with Crippen molar-refractivity contribution in [3.05, 3.63) is 76.2 Å². The monoisotopic (exact) mass is 466 g/mol. The number of piperidine rings is 1. The molecule has 5 rings (SSSR count). The molecular formula is C25H24ClFN4O2. The van der Waals surface area contributed by atoms with Gasteiger partial charge in [-0.05, 0) is 43.5 Å². The molecule has 0 bridgehead atoms. The van der Waals surface area contributed by atoms with Crippen LogP contribution in [0.5, 0.6) is 11.6 Å². The number of halogens is 2. The van der Waals surface area contributed by atoms with E-state index in [0.717, 1.165) is 37.2 Å². The molecule has 0 saturated carbocycles. The Hall–Kier alpha value is -3.19. The fraction of sp³-hybridized carbons (Fsp3) is 0.320. The van der Waals surface area contributed by atoms with Crippen LogP contribution in [-0.4, -0.2) is 40.4 Å². The number of rotatable bonds is 4. The van der Waals surface area contributed by atoms with Crippen molar-refractivity contribution in [2.45, 2.75) is 32.2 Å². The maximum absolute atomic E-state index is 13.8. The molecule has 6 nitrogen and oxygen atoms in total. The normalized spacial score (nSPS) is 15.8. The van der Waals surface area contributed by atoms with Crippen LogP contribution in [0.4, 0.5) is 10.3 Å². The molecule has 2 aliphatic rings. The summed E-state index contributed by atoms with van der Waals surface area (Å²) in [5.41, 5.74) is 2.06. The highest BCUT2D eigenvalue weighted by Gasteiger charge is 2.29. The first kappa shape index (κ1) is 21.6. The topological polar surface area (TPSA) is 58.6 Å². The molecule has 0 radical (unpaired) electrons. The van der Waals surface area contributed by atoms with Crippen molar-refractivity contribution >= 4 is 23.5 Å². The minimum absolute atomic E-state index is 0.150. The largest absolute Gasteiger partial charge is 0.438 e. The first-order chi connectivity index (χ1) is 16.1. The van der Waals surface area contributed by atoms with Gasteiger partial charge in [-0.3, -0.25) is 4.79 Å². The highest BCUT2D eigenvalue weighted by atomic mass is 35.5. The Morgan fingerprint density at radius 2 is 1.82 bits per heavy atom. The third-order valence-corrected chi connectivity index (χ3v) is 6.38. The van der Waals surface area contributed by atoms with Crippen LogP contribution in [0, 0.1) is 5.82 Å². The Kier molecular flexibility index (Phi) is 6.13. The maximum atomic E-state index is 13.8. The summed E-state index contributed by atoms with van der Waals surface area (Å²) in [6.07, 6.45) is 3.98. The molecule has 1 aromatic heterocycles. The lowest BCUT2D eigenvalue weighted by atomic mass is 10.0. The van der Waals surface area contributed by atoms with Gasteiger partial charge in [0.25, 0.3) is 5.91 Å². The molecular weight excluding hydrogens is 443 g/mol. The van der Waals surface area contributed by atoms with E-state index in [-0.39, 0.29) is 11.7 Å². The number of anilines is 1. The minimum Gasteiger partial charge on any atom is -0.438 e. The predicted molar refractivity (Wildman–Crippen MR) is 124 cm³/mol. The zero-order valence-electron chi connectivity index (χ0n) is 18.1. The smallest absolute Gasteiger partial charge is 0.255 e. The van der Waals surface area contributed by atoms with Crippen molar-refractivity contribution in [1.29, 1.82) is 0 Å². The lowest BCUT2D eigenvalue weighted by Gasteiger charge is -2.32. The van der Waals surface area contributed by atoms with E-state index in [0.29, 0.717) is 47.7 Å². The van der Waals surface area contributed by atoms with Crippen LogP contribution in [0.25, 0.3) is 0 Å². The third kappa shape index (κ3) is 4.64. The fourth-order valence-corrected chi connectivity index (χ4v) is 4.53. The van der Waals surface area contributed by atoms with E-state index in [2.05, 4.69) is 4.90 Å². The number of carbonyl (C=O) groups is 1. The quantitative estimate of drug-likeness (QED) is 0.525. The predicted octanol–water partition coefficient (Wildman–Crippen LogP) is 5.25. The number of hydrogen-bond donors (Lipinski definition) is 0. The van der Waals surface area contributed by atoms with Gasteiger partial charge >= 0.3 is 0 Å². The summed E-state index contributed by atoms with van der Waals surface area (Å²) in [5.74, 6) is 0.814. The van der Waals surface area contributed by atoms with E-state index in [1.54, 1.807) is 41.3 Å². The minimum atomic E-state index is -0.387. The van der Waals surface area contributed by atoms with Crippen LogP contribution in [-0.2, 0) is 13.0 Å². The molecule has 8 heteroatoms. The Bertz CT molecular complexity index is 1180. The number of carbonyl (C=O) groups excluding carboxylic acids is 1. The van der Waals surface area contributed by atoms with Gasteiger partial charge in [-0.1, -0.05) is 29.8 Å². The number of nitrogens with zero attached hydrogens (tertiary/aromatic N) is 4. The van der Waals surface area contributed by atoms with Gasteiger partial charge in [0.05, 0.1) is 28.4 Å². The summed E-state index contributed by atoms with van der Waals surface area (Å²) in [5, 5.41) is 0.418. The second-order valence-corrected chi connectivity index (χ2v) is 8.72. The lowest BCUT2D eigenvalue weighted by Crippen LogP contribution is -2.38. The first-order valence-electron chi connectivity index (χ1n) is 11.2. The van der Waals surface area contributed by atoms with Gasteiger partial charge in [0.2, 0.25) is 11.8 Å². The SMILES string of the molecule is O=C(c1ccccc1Cl)N1CCc2nc(N3CCCCC3)nc(Oc3cccc(F)c3)c2C1. The summed E-state index contributed by atoms with van der Waals surface area (Å²) in [6.45, 7) is 2.61. The van der Waals surface area contributed by atoms with E-state index in [9.17, 15) is 9.18 Å². The van der Waals surface area contributed by atoms with E-state index in [1.165, 1.54) is 18.6 Å². The molecule has 3 aromatic rings. The van der Waals surface area contributed by atoms with Crippen LogP contribution in [0.15, 0.2) is 48.5 Å². The van der Waals surface area contributed by atoms with Crippen molar-refractivity contribution in [1.82, 2.24) is 14.9 Å². The lowest BCUT2D eigenvalue weighted by molar-refractivity contribution is 0.0732. The van der Waals surface area contributed by atoms with E-state index < -0.39 is 0 Å². The first-order valence-corrected chi connectivity index (χ1v) is 11.6. The molecule has 170 valence electrons.